The molecule has 1 aromatic heterocycles. The number of nitrogens with one attached hydrogen (secondary N) is 2. The van der Waals surface area contributed by atoms with E-state index < -0.39 is 23.1 Å². The Hall–Kier alpha value is -3.50. The number of imidazole rings is 1. The van der Waals surface area contributed by atoms with Crippen LogP contribution in [0.15, 0.2) is 29.5 Å². The van der Waals surface area contributed by atoms with Crippen molar-refractivity contribution in [1.29, 1.82) is 0 Å². The third-order valence-corrected chi connectivity index (χ3v) is 6.85. The van der Waals surface area contributed by atoms with Gasteiger partial charge in [0.05, 0.1) is 6.21 Å². The van der Waals surface area contributed by atoms with E-state index >= 15 is 0 Å². The van der Waals surface area contributed by atoms with E-state index in [0.717, 1.165) is 25.9 Å². The number of aliphatic imine (C=N–C) groups is 1. The molecule has 2 aromatic rings. The standard InChI is InChI=1S/C26H34F3N7O/c1-15(2)32-16(3)31-14-22-24(30)36(26(33-22)34-23-20(28)12-18(27)13-21(23)29)19-8-6-17(7-9-19)25(37)35-10-4-5-11-35/h12-15,17,19,32H,3-11,30H2,1-2H3,(H,33,34)/b31-14-/t17-,19+. The Balaban J connectivity index is 1.60. The molecule has 4 N–H and O–H groups in total. The van der Waals surface area contributed by atoms with E-state index in [9.17, 15) is 18.0 Å². The van der Waals surface area contributed by atoms with Crippen LogP contribution in [0.4, 0.5) is 30.6 Å². The molecule has 2 heterocycles. The molecule has 0 unspecified atom stereocenters. The quantitative estimate of drug-likeness (QED) is 0.434. The van der Waals surface area contributed by atoms with Gasteiger partial charge in [0.15, 0.2) is 11.6 Å². The number of anilines is 3. The number of aromatic nitrogens is 2. The zero-order valence-electron chi connectivity index (χ0n) is 21.2. The lowest BCUT2D eigenvalue weighted by atomic mass is 9.85. The normalized spacial score (nSPS) is 20.1. The lowest BCUT2D eigenvalue weighted by Crippen LogP contribution is -2.36. The highest BCUT2D eigenvalue weighted by molar-refractivity contribution is 5.85. The summed E-state index contributed by atoms with van der Waals surface area (Å²) in [4.78, 5) is 23.5. The van der Waals surface area contributed by atoms with Crippen molar-refractivity contribution in [3.05, 3.63) is 47.7 Å². The van der Waals surface area contributed by atoms with Gasteiger partial charge in [-0.1, -0.05) is 6.58 Å². The first-order chi connectivity index (χ1) is 17.6. The molecular formula is C26H34F3N7O. The van der Waals surface area contributed by atoms with Crippen LogP contribution < -0.4 is 16.4 Å². The number of halogens is 3. The van der Waals surface area contributed by atoms with Crippen molar-refractivity contribution in [2.45, 2.75) is 64.5 Å². The van der Waals surface area contributed by atoms with Gasteiger partial charge in [-0.3, -0.25) is 9.36 Å². The van der Waals surface area contributed by atoms with E-state index in [1.54, 1.807) is 4.57 Å². The summed E-state index contributed by atoms with van der Waals surface area (Å²) in [5.41, 5.74) is 6.24. The van der Waals surface area contributed by atoms with Gasteiger partial charge in [-0.25, -0.2) is 23.1 Å². The minimum Gasteiger partial charge on any atom is -0.383 e. The monoisotopic (exact) mass is 517 g/mol. The summed E-state index contributed by atoms with van der Waals surface area (Å²) >= 11 is 0. The number of hydrogen-bond donors (Lipinski definition) is 3. The second kappa shape index (κ2) is 11.3. The van der Waals surface area contributed by atoms with Crippen LogP contribution in [0.25, 0.3) is 0 Å². The highest BCUT2D eigenvalue weighted by atomic mass is 19.1. The van der Waals surface area contributed by atoms with Crippen LogP contribution in [0.3, 0.4) is 0 Å². The number of amides is 1. The molecule has 37 heavy (non-hydrogen) atoms. The predicted molar refractivity (Wildman–Crippen MR) is 138 cm³/mol. The number of carbonyl (C=O) groups excluding carboxylic acids is 1. The van der Waals surface area contributed by atoms with Gasteiger partial charge in [0.1, 0.15) is 28.8 Å². The Kier molecular flexibility index (Phi) is 8.09. The molecule has 1 amide bonds. The molecule has 0 atom stereocenters. The number of benzene rings is 1. The number of rotatable bonds is 8. The van der Waals surface area contributed by atoms with Crippen LogP contribution in [0.1, 0.15) is 64.1 Å². The van der Waals surface area contributed by atoms with Crippen molar-refractivity contribution in [2.75, 3.05) is 24.1 Å². The number of likely N-dealkylation sites (tertiary alicyclic amines) is 1. The van der Waals surface area contributed by atoms with Gasteiger partial charge in [0.25, 0.3) is 0 Å². The summed E-state index contributed by atoms with van der Waals surface area (Å²) in [6.45, 7) is 9.37. The number of carbonyl (C=O) groups is 1. The van der Waals surface area contributed by atoms with Crippen LogP contribution in [0, 0.1) is 23.4 Å². The van der Waals surface area contributed by atoms with Crippen LogP contribution >= 0.6 is 0 Å². The van der Waals surface area contributed by atoms with Crippen LogP contribution in [0.5, 0.6) is 0 Å². The van der Waals surface area contributed by atoms with Crippen molar-refractivity contribution in [2.24, 2.45) is 10.9 Å². The average molecular weight is 518 g/mol. The van der Waals surface area contributed by atoms with Gasteiger partial charge in [-0.15, -0.1) is 0 Å². The summed E-state index contributed by atoms with van der Waals surface area (Å²) in [7, 11) is 0. The molecule has 1 saturated heterocycles. The van der Waals surface area contributed by atoms with Gasteiger partial charge in [-0.05, 0) is 52.4 Å². The van der Waals surface area contributed by atoms with Gasteiger partial charge >= 0.3 is 0 Å². The Morgan fingerprint density at radius 3 is 2.38 bits per heavy atom. The van der Waals surface area contributed by atoms with Gasteiger partial charge in [0.2, 0.25) is 11.9 Å². The summed E-state index contributed by atoms with van der Waals surface area (Å²) in [6.07, 6.45) is 6.17. The molecule has 1 aliphatic carbocycles. The minimum absolute atomic E-state index is 0.0473. The van der Waals surface area contributed by atoms with Crippen molar-refractivity contribution in [3.8, 4) is 0 Å². The van der Waals surface area contributed by atoms with Crippen molar-refractivity contribution < 1.29 is 18.0 Å². The fourth-order valence-electron chi connectivity index (χ4n) is 5.08. The lowest BCUT2D eigenvalue weighted by Gasteiger charge is -2.32. The van der Waals surface area contributed by atoms with Crippen molar-refractivity contribution >= 4 is 29.6 Å². The smallest absolute Gasteiger partial charge is 0.225 e. The van der Waals surface area contributed by atoms with Crippen LogP contribution in [-0.2, 0) is 4.79 Å². The van der Waals surface area contributed by atoms with E-state index in [0.29, 0.717) is 49.3 Å². The SMILES string of the molecule is C=C(/N=C\c1nc(Nc2c(F)cc(F)cc2F)n([C@H]2CC[C@@H](C(=O)N3CCCC3)CC2)c1N)NC(C)C. The van der Waals surface area contributed by atoms with E-state index in [4.69, 9.17) is 5.73 Å². The Morgan fingerprint density at radius 1 is 1.16 bits per heavy atom. The molecule has 4 rings (SSSR count). The first-order valence-electron chi connectivity index (χ1n) is 12.7. The Labute approximate surface area is 214 Å². The highest BCUT2D eigenvalue weighted by Gasteiger charge is 2.33. The molecular weight excluding hydrogens is 483 g/mol. The Morgan fingerprint density at radius 2 is 1.78 bits per heavy atom. The lowest BCUT2D eigenvalue weighted by molar-refractivity contribution is -0.135. The van der Waals surface area contributed by atoms with Crippen molar-refractivity contribution in [1.82, 2.24) is 19.8 Å². The van der Waals surface area contributed by atoms with E-state index in [1.165, 1.54) is 6.21 Å². The average Bonchev–Trinajstić information content (AvgIpc) is 3.48. The zero-order chi connectivity index (χ0) is 26.7. The summed E-state index contributed by atoms with van der Waals surface area (Å²) in [6, 6.07) is 1.17. The minimum atomic E-state index is -1.09. The fourth-order valence-corrected chi connectivity index (χ4v) is 5.08. The molecule has 0 spiro atoms. The summed E-state index contributed by atoms with van der Waals surface area (Å²) in [5, 5.41) is 5.74. The van der Waals surface area contributed by atoms with Gasteiger partial charge in [-0.2, -0.15) is 0 Å². The maximum absolute atomic E-state index is 14.4. The molecule has 1 saturated carbocycles. The summed E-state index contributed by atoms with van der Waals surface area (Å²) < 4.78 is 44.0. The molecule has 0 radical (unpaired) electrons. The fraction of sp³-hybridized carbons (Fsp3) is 0.500. The number of nitrogens with zero attached hydrogens (tertiary/aromatic N) is 4. The highest BCUT2D eigenvalue weighted by Crippen LogP contribution is 2.38. The Bertz CT molecular complexity index is 1160. The number of nitrogen functional groups attached to an aromatic ring is 1. The maximum Gasteiger partial charge on any atom is 0.225 e. The third kappa shape index (κ3) is 6.08. The first-order valence-corrected chi connectivity index (χ1v) is 12.7. The second-order valence-corrected chi connectivity index (χ2v) is 9.99. The molecule has 2 aliphatic rings. The molecule has 1 aliphatic heterocycles. The molecule has 11 heteroatoms. The zero-order valence-corrected chi connectivity index (χ0v) is 21.2. The van der Waals surface area contributed by atoms with Gasteiger partial charge in [0, 0.05) is 43.2 Å². The molecule has 2 fully saturated rings. The van der Waals surface area contributed by atoms with Crippen molar-refractivity contribution in [3.63, 3.8) is 0 Å². The third-order valence-electron chi connectivity index (χ3n) is 6.85. The van der Waals surface area contributed by atoms with E-state index in [2.05, 4.69) is 27.2 Å². The first kappa shape index (κ1) is 26.6. The van der Waals surface area contributed by atoms with E-state index in [1.807, 2.05) is 18.7 Å². The molecule has 0 bridgehead atoms. The summed E-state index contributed by atoms with van der Waals surface area (Å²) in [5.74, 6) is -2.25. The number of nitrogens with two attached hydrogens (primary N) is 1. The van der Waals surface area contributed by atoms with E-state index in [-0.39, 0.29) is 35.7 Å². The topological polar surface area (TPSA) is 101 Å². The van der Waals surface area contributed by atoms with Gasteiger partial charge < -0.3 is 21.3 Å². The second-order valence-electron chi connectivity index (χ2n) is 9.99. The molecule has 1 aromatic carbocycles. The predicted octanol–water partition coefficient (Wildman–Crippen LogP) is 4.87. The van der Waals surface area contributed by atoms with Crippen LogP contribution in [0.2, 0.25) is 0 Å². The maximum atomic E-state index is 14.4. The number of hydrogen-bond acceptors (Lipinski definition) is 6. The molecule has 8 nitrogen and oxygen atoms in total. The van der Waals surface area contributed by atoms with Crippen LogP contribution in [-0.4, -0.2) is 45.7 Å². The molecule has 200 valence electrons. The largest absolute Gasteiger partial charge is 0.383 e.